The van der Waals surface area contributed by atoms with Crippen molar-refractivity contribution in [3.05, 3.63) is 60.8 Å². The van der Waals surface area contributed by atoms with Crippen molar-refractivity contribution in [2.75, 3.05) is 19.8 Å². The molecule has 0 rings (SSSR count). The number of aliphatic carboxylic acids is 1. The zero-order valence-corrected chi connectivity index (χ0v) is 36.3. The van der Waals surface area contributed by atoms with E-state index in [0.717, 1.165) is 103 Å². The number of phosphoric ester groups is 1. The van der Waals surface area contributed by atoms with Gasteiger partial charge in [0, 0.05) is 12.8 Å². The molecular formula is C45H78NO10P. The van der Waals surface area contributed by atoms with E-state index in [1.165, 1.54) is 32.1 Å². The molecular weight excluding hydrogens is 745 g/mol. The standard InChI is InChI=1S/C45H78NO10P/c1-3-5-7-9-11-13-15-17-19-21-23-25-27-29-31-33-35-37-44(48)56-41(39-54-57(51,52)55-40-42(46)45(49)50)38-53-43(47)36-34-32-30-28-26-24-22-20-18-16-14-12-10-8-6-4-2/h5,7,11,13-14,16-17,19-20,22,41-42H,3-4,6,8-10,12,15,18,21,23-40,46H2,1-2H3,(H,49,50)(H,51,52)/b7-5-,13-11-,16-14-,19-17-,22-20-. The van der Waals surface area contributed by atoms with Crippen molar-refractivity contribution in [1.29, 1.82) is 0 Å². The molecule has 12 heteroatoms. The highest BCUT2D eigenvalue weighted by molar-refractivity contribution is 7.47. The number of rotatable bonds is 40. The van der Waals surface area contributed by atoms with E-state index in [0.29, 0.717) is 12.8 Å². The van der Waals surface area contributed by atoms with Gasteiger partial charge in [-0.05, 0) is 77.0 Å². The van der Waals surface area contributed by atoms with Crippen LogP contribution >= 0.6 is 7.82 Å². The first kappa shape index (κ1) is 54.2. The molecule has 0 spiro atoms. The third kappa shape index (κ3) is 39.8. The Balaban J connectivity index is 4.41. The van der Waals surface area contributed by atoms with Gasteiger partial charge in [0.05, 0.1) is 13.2 Å². The fourth-order valence-electron chi connectivity index (χ4n) is 5.58. The second-order valence-electron chi connectivity index (χ2n) is 14.4. The lowest BCUT2D eigenvalue weighted by Crippen LogP contribution is -2.34. The number of carboxylic acid groups (broad SMARTS) is 1. The molecule has 3 atom stereocenters. The normalized spacial score (nSPS) is 14.3. The molecule has 0 aromatic heterocycles. The SMILES string of the molecule is CC/C=C\C/C=C\C/C=C\CCCCCCCCCC(=O)OC(COC(=O)CCCCCCC/C=C\C/C=C\CCCCCC)COP(=O)(O)OCC(N)C(=O)O. The molecule has 3 unspecified atom stereocenters. The van der Waals surface area contributed by atoms with Crippen LogP contribution in [0.25, 0.3) is 0 Å². The molecule has 0 aromatic rings. The van der Waals surface area contributed by atoms with Crippen molar-refractivity contribution < 1.29 is 47.5 Å². The van der Waals surface area contributed by atoms with Crippen LogP contribution in [0.5, 0.6) is 0 Å². The molecule has 0 heterocycles. The first-order valence-electron chi connectivity index (χ1n) is 21.8. The number of unbranched alkanes of at least 4 members (excludes halogenated alkanes) is 16. The maximum atomic E-state index is 12.6. The average Bonchev–Trinajstić information content (AvgIpc) is 3.19. The predicted octanol–water partition coefficient (Wildman–Crippen LogP) is 11.6. The summed E-state index contributed by atoms with van der Waals surface area (Å²) in [6.45, 7) is 2.64. The minimum absolute atomic E-state index is 0.144. The second kappa shape index (κ2) is 40.0. The van der Waals surface area contributed by atoms with Crippen LogP contribution in [0.1, 0.15) is 174 Å². The van der Waals surface area contributed by atoms with Crippen molar-refractivity contribution in [3.63, 3.8) is 0 Å². The molecule has 11 nitrogen and oxygen atoms in total. The molecule has 0 aromatic carbocycles. The number of allylic oxidation sites excluding steroid dienone is 10. The van der Waals surface area contributed by atoms with Gasteiger partial charge in [-0.2, -0.15) is 0 Å². The minimum Gasteiger partial charge on any atom is -0.480 e. The number of phosphoric acid groups is 1. The van der Waals surface area contributed by atoms with Gasteiger partial charge in [0.1, 0.15) is 12.6 Å². The number of carbonyl (C=O) groups excluding carboxylic acids is 2. The Kier molecular flexibility index (Phi) is 38.0. The third-order valence-electron chi connectivity index (χ3n) is 9.00. The van der Waals surface area contributed by atoms with Crippen LogP contribution in [-0.2, 0) is 37.5 Å². The van der Waals surface area contributed by atoms with E-state index in [1.807, 2.05) is 0 Å². The van der Waals surface area contributed by atoms with Crippen molar-refractivity contribution in [1.82, 2.24) is 0 Å². The van der Waals surface area contributed by atoms with Gasteiger partial charge >= 0.3 is 25.7 Å². The van der Waals surface area contributed by atoms with Crippen molar-refractivity contribution in [2.45, 2.75) is 187 Å². The number of hydrogen-bond acceptors (Lipinski definition) is 9. The van der Waals surface area contributed by atoms with Crippen molar-refractivity contribution in [3.8, 4) is 0 Å². The molecule has 0 radical (unpaired) electrons. The van der Waals surface area contributed by atoms with Crippen LogP contribution in [0.4, 0.5) is 0 Å². The van der Waals surface area contributed by atoms with Gasteiger partial charge in [-0.25, -0.2) is 4.57 Å². The predicted molar refractivity (Wildman–Crippen MR) is 231 cm³/mol. The Morgan fingerprint density at radius 1 is 0.561 bits per heavy atom. The van der Waals surface area contributed by atoms with Crippen LogP contribution in [0, 0.1) is 0 Å². The van der Waals surface area contributed by atoms with E-state index in [1.54, 1.807) is 0 Å². The fourth-order valence-corrected chi connectivity index (χ4v) is 6.36. The highest BCUT2D eigenvalue weighted by Gasteiger charge is 2.28. The quantitative estimate of drug-likeness (QED) is 0.0232. The van der Waals surface area contributed by atoms with E-state index < -0.39 is 51.1 Å². The average molecular weight is 824 g/mol. The number of hydrogen-bond donors (Lipinski definition) is 3. The minimum atomic E-state index is -4.72. The first-order valence-corrected chi connectivity index (χ1v) is 23.3. The number of esters is 2. The highest BCUT2D eigenvalue weighted by atomic mass is 31.2. The van der Waals surface area contributed by atoms with Gasteiger partial charge in [-0.15, -0.1) is 0 Å². The number of carboxylic acids is 1. The van der Waals surface area contributed by atoms with Crippen LogP contribution < -0.4 is 5.73 Å². The van der Waals surface area contributed by atoms with Crippen molar-refractivity contribution in [2.24, 2.45) is 5.73 Å². The summed E-state index contributed by atoms with van der Waals surface area (Å²) < 4.78 is 32.7. The molecule has 0 fully saturated rings. The molecule has 0 aliphatic heterocycles. The Bertz CT molecular complexity index is 1200. The van der Waals surface area contributed by atoms with E-state index in [4.69, 9.17) is 24.8 Å². The smallest absolute Gasteiger partial charge is 0.472 e. The lowest BCUT2D eigenvalue weighted by atomic mass is 10.1. The molecule has 328 valence electrons. The Morgan fingerprint density at radius 2 is 0.982 bits per heavy atom. The Hall–Kier alpha value is -2.82. The van der Waals surface area contributed by atoms with E-state index in [2.05, 4.69) is 79.1 Å². The number of ether oxygens (including phenoxy) is 2. The molecule has 0 saturated heterocycles. The molecule has 0 aliphatic carbocycles. The maximum Gasteiger partial charge on any atom is 0.472 e. The summed E-state index contributed by atoms with van der Waals surface area (Å²) in [6, 6.07) is -1.53. The lowest BCUT2D eigenvalue weighted by Gasteiger charge is -2.20. The van der Waals surface area contributed by atoms with Gasteiger partial charge in [-0.1, -0.05) is 145 Å². The molecule has 0 bridgehead atoms. The molecule has 57 heavy (non-hydrogen) atoms. The molecule has 0 saturated carbocycles. The fraction of sp³-hybridized carbons (Fsp3) is 0.711. The monoisotopic (exact) mass is 824 g/mol. The molecule has 4 N–H and O–H groups in total. The summed E-state index contributed by atoms with van der Waals surface area (Å²) >= 11 is 0. The van der Waals surface area contributed by atoms with Gasteiger partial charge in [-0.3, -0.25) is 23.4 Å². The van der Waals surface area contributed by atoms with E-state index in [9.17, 15) is 23.8 Å². The molecule has 0 aliphatic rings. The third-order valence-corrected chi connectivity index (χ3v) is 9.95. The van der Waals surface area contributed by atoms with E-state index >= 15 is 0 Å². The number of carbonyl (C=O) groups is 3. The summed E-state index contributed by atoms with van der Waals surface area (Å²) in [5.41, 5.74) is 5.33. The zero-order chi connectivity index (χ0) is 42.1. The summed E-state index contributed by atoms with van der Waals surface area (Å²) in [5, 5.41) is 8.89. The van der Waals surface area contributed by atoms with E-state index in [-0.39, 0.29) is 19.4 Å². The summed E-state index contributed by atoms with van der Waals surface area (Å²) in [4.78, 5) is 46.0. The summed E-state index contributed by atoms with van der Waals surface area (Å²) in [6.07, 6.45) is 45.6. The maximum absolute atomic E-state index is 12.6. The van der Waals surface area contributed by atoms with Crippen LogP contribution in [0.3, 0.4) is 0 Å². The summed E-state index contributed by atoms with van der Waals surface area (Å²) in [5.74, 6) is -2.41. The lowest BCUT2D eigenvalue weighted by molar-refractivity contribution is -0.161. The van der Waals surface area contributed by atoms with Crippen molar-refractivity contribution >= 4 is 25.7 Å². The highest BCUT2D eigenvalue weighted by Crippen LogP contribution is 2.43. The van der Waals surface area contributed by atoms with Gasteiger partial charge < -0.3 is 25.2 Å². The Morgan fingerprint density at radius 3 is 1.47 bits per heavy atom. The van der Waals surface area contributed by atoms with Gasteiger partial charge in [0.15, 0.2) is 6.10 Å². The Labute approximate surface area is 345 Å². The van der Waals surface area contributed by atoms with Gasteiger partial charge in [0.2, 0.25) is 0 Å². The largest absolute Gasteiger partial charge is 0.480 e. The van der Waals surface area contributed by atoms with Crippen LogP contribution in [0.2, 0.25) is 0 Å². The summed E-state index contributed by atoms with van der Waals surface area (Å²) in [7, 11) is -4.72. The van der Waals surface area contributed by atoms with Gasteiger partial charge in [0.25, 0.3) is 0 Å². The second-order valence-corrected chi connectivity index (χ2v) is 15.9. The topological polar surface area (TPSA) is 172 Å². The van der Waals surface area contributed by atoms with Crippen LogP contribution in [-0.4, -0.2) is 59.9 Å². The zero-order valence-electron chi connectivity index (χ0n) is 35.4. The number of nitrogens with two attached hydrogens (primary N) is 1. The van der Waals surface area contributed by atoms with Crippen LogP contribution in [0.15, 0.2) is 60.8 Å². The molecule has 0 amide bonds. The first-order chi connectivity index (χ1) is 27.6.